The van der Waals surface area contributed by atoms with Gasteiger partial charge in [0.05, 0.1) is 34.1 Å². The molecule has 0 saturated heterocycles. The Morgan fingerprint density at radius 1 is 1.19 bits per heavy atom. The molecule has 1 aliphatic rings. The van der Waals surface area contributed by atoms with Crippen molar-refractivity contribution in [2.24, 2.45) is 0 Å². The highest BCUT2D eigenvalue weighted by Crippen LogP contribution is 2.35. The number of thiophene rings is 1. The zero-order valence-corrected chi connectivity index (χ0v) is 23.4. The highest BCUT2D eigenvalue weighted by atomic mass is 35.5. The molecule has 2 aromatic heterocycles. The molecule has 0 saturated carbocycles. The number of aromatic nitrogens is 2. The molecule has 6 nitrogen and oxygen atoms in total. The zero-order chi connectivity index (χ0) is 26.1. The summed E-state index contributed by atoms with van der Waals surface area (Å²) in [6, 6.07) is 11.2. The third-order valence-electron chi connectivity index (χ3n) is 6.39. The van der Waals surface area contributed by atoms with Crippen LogP contribution in [0.1, 0.15) is 41.3 Å². The van der Waals surface area contributed by atoms with Crippen LogP contribution in [0.2, 0.25) is 5.02 Å². The zero-order valence-electron chi connectivity index (χ0n) is 21.0. The van der Waals surface area contributed by atoms with Gasteiger partial charge in [0.15, 0.2) is 5.16 Å². The van der Waals surface area contributed by atoms with E-state index < -0.39 is 0 Å². The van der Waals surface area contributed by atoms with Crippen LogP contribution in [0.5, 0.6) is 5.75 Å². The molecule has 0 unspecified atom stereocenters. The molecule has 4 aromatic rings. The minimum atomic E-state index is -0.211. The average molecular weight is 554 g/mol. The van der Waals surface area contributed by atoms with E-state index in [0.717, 1.165) is 53.0 Å². The summed E-state index contributed by atoms with van der Waals surface area (Å²) in [5.41, 5.74) is 4.29. The number of carbonyl (C=O) groups is 1. The number of nitrogens with one attached hydrogen (secondary N) is 1. The Morgan fingerprint density at radius 3 is 2.68 bits per heavy atom. The number of ether oxygens (including phenoxy) is 1. The Balaban J connectivity index is 1.51. The van der Waals surface area contributed by atoms with Crippen molar-refractivity contribution in [2.75, 3.05) is 17.7 Å². The molecule has 0 bridgehead atoms. The van der Waals surface area contributed by atoms with E-state index in [2.05, 4.69) is 5.32 Å². The fourth-order valence-electron chi connectivity index (χ4n) is 4.75. The lowest BCUT2D eigenvalue weighted by Gasteiger charge is -2.15. The van der Waals surface area contributed by atoms with E-state index >= 15 is 0 Å². The average Bonchev–Trinajstić information content (AvgIpc) is 3.24. The van der Waals surface area contributed by atoms with Crippen LogP contribution < -0.4 is 15.6 Å². The van der Waals surface area contributed by atoms with Gasteiger partial charge in [-0.1, -0.05) is 29.4 Å². The number of anilines is 1. The van der Waals surface area contributed by atoms with E-state index in [-0.39, 0.29) is 17.2 Å². The second-order valence-corrected chi connectivity index (χ2v) is 11.6. The van der Waals surface area contributed by atoms with Crippen LogP contribution in [0.3, 0.4) is 0 Å². The van der Waals surface area contributed by atoms with Crippen LogP contribution in [0.15, 0.2) is 46.3 Å². The fourth-order valence-corrected chi connectivity index (χ4v) is 7.23. The first-order chi connectivity index (χ1) is 17.9. The summed E-state index contributed by atoms with van der Waals surface area (Å²) < 4.78 is 7.21. The first-order valence-electron chi connectivity index (χ1n) is 12.4. The van der Waals surface area contributed by atoms with Gasteiger partial charge in [-0.05, 0) is 93.5 Å². The smallest absolute Gasteiger partial charge is 0.267 e. The molecule has 1 aliphatic carbocycles. The largest absolute Gasteiger partial charge is 0.494 e. The van der Waals surface area contributed by atoms with Gasteiger partial charge in [-0.15, -0.1) is 11.3 Å². The summed E-state index contributed by atoms with van der Waals surface area (Å²) >= 11 is 9.24. The van der Waals surface area contributed by atoms with E-state index in [1.165, 1.54) is 16.6 Å². The van der Waals surface area contributed by atoms with E-state index in [1.54, 1.807) is 15.9 Å². The summed E-state index contributed by atoms with van der Waals surface area (Å²) in [6.45, 7) is 6.37. The predicted octanol–water partition coefficient (Wildman–Crippen LogP) is 6.73. The van der Waals surface area contributed by atoms with Crippen molar-refractivity contribution in [2.45, 2.75) is 51.6 Å². The Hall–Kier alpha value is -2.81. The van der Waals surface area contributed by atoms with Crippen molar-refractivity contribution < 1.29 is 9.53 Å². The number of benzene rings is 2. The summed E-state index contributed by atoms with van der Waals surface area (Å²) in [5.74, 6) is 0.612. The van der Waals surface area contributed by atoms with Gasteiger partial charge in [0.25, 0.3) is 5.56 Å². The Labute approximate surface area is 229 Å². The van der Waals surface area contributed by atoms with Gasteiger partial charge in [0.2, 0.25) is 5.91 Å². The van der Waals surface area contributed by atoms with Gasteiger partial charge in [0.1, 0.15) is 10.6 Å². The van der Waals surface area contributed by atoms with Crippen molar-refractivity contribution in [3.8, 4) is 11.4 Å². The lowest BCUT2D eigenvalue weighted by Crippen LogP contribution is -2.23. The van der Waals surface area contributed by atoms with E-state index in [0.29, 0.717) is 33.5 Å². The van der Waals surface area contributed by atoms with Crippen molar-refractivity contribution in [3.63, 3.8) is 0 Å². The van der Waals surface area contributed by atoms with E-state index in [1.807, 2.05) is 57.2 Å². The Morgan fingerprint density at radius 2 is 1.95 bits per heavy atom. The van der Waals surface area contributed by atoms with Gasteiger partial charge in [-0.25, -0.2) is 4.98 Å². The molecule has 0 fully saturated rings. The molecule has 9 heteroatoms. The monoisotopic (exact) mass is 553 g/mol. The van der Waals surface area contributed by atoms with Crippen molar-refractivity contribution in [3.05, 3.63) is 73.3 Å². The maximum atomic E-state index is 13.9. The highest BCUT2D eigenvalue weighted by molar-refractivity contribution is 7.99. The number of fused-ring (bicyclic) bond motifs is 3. The molecule has 0 atom stereocenters. The topological polar surface area (TPSA) is 73.2 Å². The van der Waals surface area contributed by atoms with Gasteiger partial charge in [0, 0.05) is 4.88 Å². The van der Waals surface area contributed by atoms with Gasteiger partial charge in [-0.3, -0.25) is 14.2 Å². The number of rotatable bonds is 7. The number of aryl methyl sites for hydroxylation is 4. The standard InChI is InChI=1S/C28H28ClN3O3S2/c1-4-35-19-11-9-18(10-12-19)32-27(34)24-20-7-5-6-8-22(20)37-26(24)31-28(32)36-15-23(33)30-25-17(3)13-16(2)14-21(25)29/h9-14H,4-8,15H2,1-3H3,(H,30,33). The Bertz CT molecular complexity index is 1520. The minimum absolute atomic E-state index is 0.0870. The van der Waals surface area contributed by atoms with E-state index in [4.69, 9.17) is 21.3 Å². The highest BCUT2D eigenvalue weighted by Gasteiger charge is 2.23. The van der Waals surface area contributed by atoms with Crippen molar-refractivity contribution >= 4 is 56.5 Å². The van der Waals surface area contributed by atoms with Crippen molar-refractivity contribution in [1.29, 1.82) is 0 Å². The van der Waals surface area contributed by atoms with Crippen LogP contribution in [0.4, 0.5) is 5.69 Å². The van der Waals surface area contributed by atoms with Crippen LogP contribution >= 0.6 is 34.7 Å². The second-order valence-electron chi connectivity index (χ2n) is 9.13. The number of carbonyl (C=O) groups excluding carboxylic acids is 1. The van der Waals surface area contributed by atoms with Gasteiger partial charge >= 0.3 is 0 Å². The molecule has 0 radical (unpaired) electrons. The molecule has 0 aliphatic heterocycles. The lowest BCUT2D eigenvalue weighted by molar-refractivity contribution is -0.113. The number of halogens is 1. The van der Waals surface area contributed by atoms with Crippen LogP contribution in [0.25, 0.3) is 15.9 Å². The number of hydrogen-bond acceptors (Lipinski definition) is 6. The summed E-state index contributed by atoms with van der Waals surface area (Å²) in [7, 11) is 0. The quantitative estimate of drug-likeness (QED) is 0.203. The van der Waals surface area contributed by atoms with E-state index in [9.17, 15) is 9.59 Å². The molecule has 192 valence electrons. The summed E-state index contributed by atoms with van der Waals surface area (Å²) in [5, 5.41) is 4.63. The summed E-state index contributed by atoms with van der Waals surface area (Å²) in [4.78, 5) is 33.8. The molecule has 5 rings (SSSR count). The van der Waals surface area contributed by atoms with Crippen LogP contribution in [-0.2, 0) is 17.6 Å². The molecule has 1 amide bonds. The first kappa shape index (κ1) is 25.8. The molecule has 1 N–H and O–H groups in total. The minimum Gasteiger partial charge on any atom is -0.494 e. The number of amides is 1. The molecule has 2 heterocycles. The lowest BCUT2D eigenvalue weighted by atomic mass is 9.97. The maximum absolute atomic E-state index is 13.9. The third-order valence-corrected chi connectivity index (χ3v) is 8.81. The fraction of sp³-hybridized carbons (Fsp3) is 0.321. The number of nitrogens with zero attached hydrogens (tertiary/aromatic N) is 2. The second kappa shape index (κ2) is 10.9. The third kappa shape index (κ3) is 5.28. The molecule has 0 spiro atoms. The van der Waals surface area contributed by atoms with Crippen LogP contribution in [-0.4, -0.2) is 27.8 Å². The number of thioether (sulfide) groups is 1. The van der Waals surface area contributed by atoms with Gasteiger partial charge < -0.3 is 10.1 Å². The first-order valence-corrected chi connectivity index (χ1v) is 14.5. The van der Waals surface area contributed by atoms with Crippen molar-refractivity contribution in [1.82, 2.24) is 9.55 Å². The molecular weight excluding hydrogens is 526 g/mol. The van der Waals surface area contributed by atoms with Gasteiger partial charge in [-0.2, -0.15) is 0 Å². The predicted molar refractivity (Wildman–Crippen MR) is 153 cm³/mol. The molecule has 37 heavy (non-hydrogen) atoms. The Kier molecular flexibility index (Phi) is 7.60. The summed E-state index contributed by atoms with van der Waals surface area (Å²) in [6.07, 6.45) is 4.11. The number of hydrogen-bond donors (Lipinski definition) is 1. The molecule has 2 aromatic carbocycles. The molecular formula is C28H28ClN3O3S2. The normalized spacial score (nSPS) is 13.0. The van der Waals surface area contributed by atoms with Crippen LogP contribution in [0, 0.1) is 13.8 Å². The SMILES string of the molecule is CCOc1ccc(-n2c(SCC(=O)Nc3c(C)cc(C)cc3Cl)nc3sc4c(c3c2=O)CCCC4)cc1. The maximum Gasteiger partial charge on any atom is 0.267 e.